The normalized spacial score (nSPS) is 22.0. The van der Waals surface area contributed by atoms with E-state index < -0.39 is 17.6 Å². The lowest BCUT2D eigenvalue weighted by molar-refractivity contribution is -0.137. The van der Waals surface area contributed by atoms with Gasteiger partial charge in [0.05, 0.1) is 17.1 Å². The van der Waals surface area contributed by atoms with Gasteiger partial charge in [0.25, 0.3) is 5.91 Å². The summed E-state index contributed by atoms with van der Waals surface area (Å²) >= 11 is 5.93. The van der Waals surface area contributed by atoms with Gasteiger partial charge in [0.15, 0.2) is 0 Å². The highest BCUT2D eigenvalue weighted by Gasteiger charge is 2.35. The Labute approximate surface area is 193 Å². The number of alkyl halides is 3. The summed E-state index contributed by atoms with van der Waals surface area (Å²) in [6.45, 7) is 2.71. The van der Waals surface area contributed by atoms with Crippen molar-refractivity contribution < 1.29 is 27.5 Å². The summed E-state index contributed by atoms with van der Waals surface area (Å²) in [5.74, 6) is -0.669. The molecule has 2 bridgehead atoms. The molecule has 1 atom stereocenters. The number of piperidine rings is 3. The van der Waals surface area contributed by atoms with E-state index in [0.29, 0.717) is 5.92 Å². The number of pyridine rings is 1. The number of hydrogen-bond donors (Lipinski definition) is 2. The molecular weight excluding hydrogens is 461 g/mol. The third-order valence-electron chi connectivity index (χ3n) is 5.89. The van der Waals surface area contributed by atoms with Gasteiger partial charge in [0.2, 0.25) is 11.8 Å². The molecular formula is C22H22ClF3N4O3. The first-order chi connectivity index (χ1) is 15.7. The number of carbonyl (C=O) groups excluding carboxylic acids is 2. The fourth-order valence-corrected chi connectivity index (χ4v) is 4.37. The van der Waals surface area contributed by atoms with Crippen LogP contribution in [0.15, 0.2) is 36.5 Å². The molecule has 3 aliphatic heterocycles. The van der Waals surface area contributed by atoms with Gasteiger partial charge in [-0.1, -0.05) is 11.6 Å². The van der Waals surface area contributed by atoms with Gasteiger partial charge in [-0.25, -0.2) is 4.98 Å². The van der Waals surface area contributed by atoms with Gasteiger partial charge >= 0.3 is 6.18 Å². The predicted molar refractivity (Wildman–Crippen MR) is 114 cm³/mol. The average molecular weight is 483 g/mol. The summed E-state index contributed by atoms with van der Waals surface area (Å²) in [7, 11) is 0. The molecule has 1 aromatic heterocycles. The van der Waals surface area contributed by atoms with Crippen LogP contribution in [0.3, 0.4) is 0 Å². The molecule has 0 radical (unpaired) electrons. The largest absolute Gasteiger partial charge is 0.437 e. The molecule has 11 heteroatoms. The fraction of sp³-hybridized carbons (Fsp3) is 0.409. The van der Waals surface area contributed by atoms with Crippen LogP contribution in [0.4, 0.5) is 13.2 Å². The molecule has 0 saturated carbocycles. The van der Waals surface area contributed by atoms with Crippen molar-refractivity contribution in [3.63, 3.8) is 0 Å². The SMILES string of the molecule is O=C(CNC(=O)c1cccnc1Oc1ccc(C(F)(F)F)cc1Cl)NC1CN2CCC1CC2. The van der Waals surface area contributed by atoms with Crippen LogP contribution in [0.1, 0.15) is 28.8 Å². The maximum Gasteiger partial charge on any atom is 0.416 e. The molecule has 0 spiro atoms. The van der Waals surface area contributed by atoms with Gasteiger partial charge in [0.1, 0.15) is 11.3 Å². The summed E-state index contributed by atoms with van der Waals surface area (Å²) in [6, 6.07) is 5.63. The van der Waals surface area contributed by atoms with E-state index in [9.17, 15) is 22.8 Å². The van der Waals surface area contributed by atoms with Crippen LogP contribution >= 0.6 is 11.6 Å². The van der Waals surface area contributed by atoms with Crippen molar-refractivity contribution in [3.8, 4) is 11.6 Å². The number of carbonyl (C=O) groups is 2. The first kappa shape index (κ1) is 23.3. The number of nitrogens with one attached hydrogen (secondary N) is 2. The summed E-state index contributed by atoms with van der Waals surface area (Å²) < 4.78 is 44.0. The van der Waals surface area contributed by atoms with E-state index in [1.165, 1.54) is 18.3 Å². The van der Waals surface area contributed by atoms with Crippen molar-refractivity contribution in [3.05, 3.63) is 52.7 Å². The average Bonchev–Trinajstić information content (AvgIpc) is 2.79. The van der Waals surface area contributed by atoms with Crippen molar-refractivity contribution >= 4 is 23.4 Å². The second kappa shape index (κ2) is 9.56. The maximum atomic E-state index is 12.8. The first-order valence-electron chi connectivity index (χ1n) is 10.5. The molecule has 2 amide bonds. The molecule has 3 saturated heterocycles. The number of amides is 2. The minimum atomic E-state index is -4.55. The molecule has 1 unspecified atom stereocenters. The van der Waals surface area contributed by atoms with E-state index in [2.05, 4.69) is 20.5 Å². The standard InChI is InChI=1S/C22H22ClF3N4O3/c23-16-10-14(22(24,25)26)3-4-18(16)33-21-15(2-1-7-27-21)20(32)28-11-19(31)29-17-12-30-8-5-13(17)6-9-30/h1-4,7,10,13,17H,5-6,8-9,11-12H2,(H,28,32)(H,29,31). The minimum absolute atomic E-state index is 0.0177. The molecule has 0 aliphatic carbocycles. The molecule has 5 rings (SSSR count). The van der Waals surface area contributed by atoms with Crippen molar-refractivity contribution in [1.29, 1.82) is 0 Å². The van der Waals surface area contributed by atoms with Crippen LogP contribution in [0.5, 0.6) is 11.6 Å². The Kier molecular flexibility index (Phi) is 6.76. The third kappa shape index (κ3) is 5.56. The number of nitrogens with zero attached hydrogens (tertiary/aromatic N) is 2. The van der Waals surface area contributed by atoms with Crippen LogP contribution in [0, 0.1) is 5.92 Å². The van der Waals surface area contributed by atoms with Crippen molar-refractivity contribution in [2.75, 3.05) is 26.2 Å². The number of rotatable bonds is 6. The Morgan fingerprint density at radius 3 is 2.61 bits per heavy atom. The Morgan fingerprint density at radius 1 is 1.21 bits per heavy atom. The molecule has 3 fully saturated rings. The van der Waals surface area contributed by atoms with Crippen LogP contribution in [0.25, 0.3) is 0 Å². The molecule has 3 aliphatic rings. The highest BCUT2D eigenvalue weighted by Crippen LogP contribution is 2.36. The number of benzene rings is 1. The molecule has 2 aromatic rings. The fourth-order valence-electron chi connectivity index (χ4n) is 4.15. The monoisotopic (exact) mass is 482 g/mol. The number of hydrogen-bond acceptors (Lipinski definition) is 5. The summed E-state index contributed by atoms with van der Waals surface area (Å²) in [4.78, 5) is 31.3. The quantitative estimate of drug-likeness (QED) is 0.658. The van der Waals surface area contributed by atoms with Gasteiger partial charge < -0.3 is 20.3 Å². The molecule has 1 aromatic carbocycles. The number of fused-ring (bicyclic) bond motifs is 3. The lowest BCUT2D eigenvalue weighted by Crippen LogP contribution is -2.58. The van der Waals surface area contributed by atoms with E-state index >= 15 is 0 Å². The Morgan fingerprint density at radius 2 is 1.97 bits per heavy atom. The molecule has 4 heterocycles. The van der Waals surface area contributed by atoms with Gasteiger partial charge in [-0.05, 0) is 62.2 Å². The van der Waals surface area contributed by atoms with Crippen molar-refractivity contribution in [2.45, 2.75) is 25.1 Å². The third-order valence-corrected chi connectivity index (χ3v) is 6.19. The lowest BCUT2D eigenvalue weighted by Gasteiger charge is -2.44. The second-order valence-corrected chi connectivity index (χ2v) is 8.50. The Bertz CT molecular complexity index is 1040. The highest BCUT2D eigenvalue weighted by atomic mass is 35.5. The zero-order valence-corrected chi connectivity index (χ0v) is 18.2. The van der Waals surface area contributed by atoms with Crippen molar-refractivity contribution in [2.24, 2.45) is 5.92 Å². The topological polar surface area (TPSA) is 83.6 Å². The summed E-state index contributed by atoms with van der Waals surface area (Å²) in [6.07, 6.45) is -1.07. The number of halogens is 4. The zero-order chi connectivity index (χ0) is 23.6. The second-order valence-electron chi connectivity index (χ2n) is 8.10. The predicted octanol–water partition coefficient (Wildman–Crippen LogP) is 3.49. The lowest BCUT2D eigenvalue weighted by atomic mass is 9.84. The van der Waals surface area contributed by atoms with Gasteiger partial charge in [-0.3, -0.25) is 9.59 Å². The van der Waals surface area contributed by atoms with E-state index in [1.807, 2.05) is 0 Å². The van der Waals surface area contributed by atoms with Crippen molar-refractivity contribution in [1.82, 2.24) is 20.5 Å². The van der Waals surface area contributed by atoms with E-state index in [1.54, 1.807) is 0 Å². The van der Waals surface area contributed by atoms with E-state index in [-0.39, 0.29) is 40.7 Å². The van der Waals surface area contributed by atoms with Crippen LogP contribution in [-0.4, -0.2) is 53.9 Å². The van der Waals surface area contributed by atoms with E-state index in [0.717, 1.165) is 50.7 Å². The van der Waals surface area contributed by atoms with Gasteiger partial charge in [0, 0.05) is 18.8 Å². The highest BCUT2D eigenvalue weighted by molar-refractivity contribution is 6.32. The van der Waals surface area contributed by atoms with Gasteiger partial charge in [-0.2, -0.15) is 13.2 Å². The molecule has 2 N–H and O–H groups in total. The number of ether oxygens (including phenoxy) is 1. The van der Waals surface area contributed by atoms with Gasteiger partial charge in [-0.15, -0.1) is 0 Å². The molecule has 33 heavy (non-hydrogen) atoms. The smallest absolute Gasteiger partial charge is 0.416 e. The maximum absolute atomic E-state index is 12.8. The Hall–Kier alpha value is -2.85. The van der Waals surface area contributed by atoms with Crippen LogP contribution in [-0.2, 0) is 11.0 Å². The molecule has 7 nitrogen and oxygen atoms in total. The summed E-state index contributed by atoms with van der Waals surface area (Å²) in [5.41, 5.74) is -0.906. The van der Waals surface area contributed by atoms with Crippen LogP contribution < -0.4 is 15.4 Å². The molecule has 176 valence electrons. The number of aromatic nitrogens is 1. The Balaban J connectivity index is 1.38. The zero-order valence-electron chi connectivity index (χ0n) is 17.5. The van der Waals surface area contributed by atoms with Crippen LogP contribution in [0.2, 0.25) is 5.02 Å². The minimum Gasteiger partial charge on any atom is -0.437 e. The van der Waals surface area contributed by atoms with E-state index in [4.69, 9.17) is 16.3 Å². The first-order valence-corrected chi connectivity index (χ1v) is 10.9. The summed E-state index contributed by atoms with van der Waals surface area (Å²) in [5, 5.41) is 5.24.